The van der Waals surface area contributed by atoms with Crippen molar-refractivity contribution in [2.24, 2.45) is 0 Å². The van der Waals surface area contributed by atoms with Crippen LogP contribution in [-0.4, -0.2) is 66.5 Å². The Bertz CT molecular complexity index is 1070. The number of hydrogen-bond acceptors (Lipinski definition) is 7. The third kappa shape index (κ3) is 3.81. The number of aliphatic hydroxyl groups is 2. The van der Waals surface area contributed by atoms with Crippen molar-refractivity contribution in [1.29, 1.82) is 0 Å². The summed E-state index contributed by atoms with van der Waals surface area (Å²) in [4.78, 5) is 22.5. The Balaban J connectivity index is 1.61. The summed E-state index contributed by atoms with van der Waals surface area (Å²) in [5, 5.41) is 30.0. The Morgan fingerprint density at radius 1 is 1.23 bits per heavy atom. The van der Waals surface area contributed by atoms with E-state index in [0.717, 1.165) is 18.2 Å². The summed E-state index contributed by atoms with van der Waals surface area (Å²) in [7, 11) is 1.49. The van der Waals surface area contributed by atoms with Crippen molar-refractivity contribution in [3.8, 4) is 0 Å². The van der Waals surface area contributed by atoms with E-state index in [1.807, 2.05) is 0 Å². The Kier molecular flexibility index (Phi) is 5.31. The van der Waals surface area contributed by atoms with Crippen molar-refractivity contribution >= 4 is 22.8 Å². The number of hydrogen-bond donors (Lipinski definition) is 4. The first-order valence-electron chi connectivity index (χ1n) is 9.35. The molecule has 3 atom stereocenters. The maximum Gasteiger partial charge on any atom is 0.275 e. The van der Waals surface area contributed by atoms with Crippen molar-refractivity contribution in [1.82, 2.24) is 25.1 Å². The number of nitrogens with zero attached hydrogens (tertiary/aromatic N) is 4. The number of rotatable bonds is 5. The first-order chi connectivity index (χ1) is 14.3. The lowest BCUT2D eigenvalue weighted by molar-refractivity contribution is 0.0392. The molecule has 0 aliphatic heterocycles. The summed E-state index contributed by atoms with van der Waals surface area (Å²) in [6.45, 7) is -0.0359. The monoisotopic (exact) mass is 418 g/mol. The maximum absolute atomic E-state index is 13.4. The molecule has 4 rings (SSSR count). The van der Waals surface area contributed by atoms with Gasteiger partial charge in [-0.15, -0.1) is 0 Å². The van der Waals surface area contributed by atoms with E-state index in [4.69, 9.17) is 0 Å². The van der Waals surface area contributed by atoms with Crippen LogP contribution in [0.5, 0.6) is 0 Å². The smallest absolute Gasteiger partial charge is 0.275 e. The molecule has 0 bridgehead atoms. The Morgan fingerprint density at radius 3 is 2.63 bits per heavy atom. The quantitative estimate of drug-likeness (QED) is 0.490. The van der Waals surface area contributed by atoms with Crippen LogP contribution in [0.2, 0.25) is 0 Å². The second-order valence-electron chi connectivity index (χ2n) is 7.34. The number of anilines is 1. The number of carbonyl (C=O) groups is 1. The minimum Gasteiger partial charge on any atom is -0.390 e. The van der Waals surface area contributed by atoms with Gasteiger partial charge < -0.3 is 20.4 Å². The van der Waals surface area contributed by atoms with Gasteiger partial charge in [-0.1, -0.05) is 0 Å². The van der Waals surface area contributed by atoms with Crippen molar-refractivity contribution in [3.05, 3.63) is 47.4 Å². The summed E-state index contributed by atoms with van der Waals surface area (Å²) < 4.78 is 26.9. The molecule has 11 heteroatoms. The van der Waals surface area contributed by atoms with E-state index < -0.39 is 35.8 Å². The molecule has 1 aliphatic rings. The van der Waals surface area contributed by atoms with E-state index in [0.29, 0.717) is 35.3 Å². The molecule has 1 saturated carbocycles. The van der Waals surface area contributed by atoms with E-state index >= 15 is 0 Å². The average molecular weight is 418 g/mol. The van der Waals surface area contributed by atoms with Crippen LogP contribution in [0.3, 0.4) is 0 Å². The fourth-order valence-electron chi connectivity index (χ4n) is 3.65. The van der Waals surface area contributed by atoms with Gasteiger partial charge in [0, 0.05) is 19.7 Å². The predicted molar refractivity (Wildman–Crippen MR) is 102 cm³/mol. The van der Waals surface area contributed by atoms with Crippen LogP contribution in [0.4, 0.5) is 14.6 Å². The molecule has 158 valence electrons. The number of amides is 1. The molecule has 0 spiro atoms. The molecular weight excluding hydrogens is 398 g/mol. The highest BCUT2D eigenvalue weighted by Crippen LogP contribution is 2.28. The Labute approximate surface area is 169 Å². The standard InChI is InChI=1S/C19H20F2N6O3/c1-27(7-9-4-10(20)6-11(21)5-9)19(30)15-14-17(22-8-23-18(14)26-25-15)24-12-2-3-13(28)16(12)29/h4-6,8,12-13,16,28-29H,2-3,7H2,1H3,(H2,22,23,24,25,26)/t12-,13-,16+/m1/s1. The van der Waals surface area contributed by atoms with Crippen LogP contribution in [0.1, 0.15) is 28.9 Å². The highest BCUT2D eigenvalue weighted by atomic mass is 19.1. The zero-order chi connectivity index (χ0) is 21.4. The number of fused-ring (bicyclic) bond motifs is 1. The molecule has 0 unspecified atom stereocenters. The number of halogens is 2. The largest absolute Gasteiger partial charge is 0.390 e. The van der Waals surface area contributed by atoms with Gasteiger partial charge in [0.1, 0.15) is 23.8 Å². The van der Waals surface area contributed by atoms with E-state index in [2.05, 4.69) is 25.5 Å². The molecule has 1 fully saturated rings. The highest BCUT2D eigenvalue weighted by Gasteiger charge is 2.34. The molecule has 1 aromatic carbocycles. The van der Waals surface area contributed by atoms with E-state index in [-0.39, 0.29) is 12.2 Å². The number of carbonyl (C=O) groups excluding carboxylic acids is 1. The van der Waals surface area contributed by atoms with Gasteiger partial charge in [0.15, 0.2) is 11.3 Å². The molecule has 2 heterocycles. The number of aromatic nitrogens is 4. The zero-order valence-corrected chi connectivity index (χ0v) is 16.0. The highest BCUT2D eigenvalue weighted by molar-refractivity contribution is 6.07. The van der Waals surface area contributed by atoms with Gasteiger partial charge >= 0.3 is 0 Å². The summed E-state index contributed by atoms with van der Waals surface area (Å²) in [5.41, 5.74) is 0.635. The molecule has 30 heavy (non-hydrogen) atoms. The zero-order valence-electron chi connectivity index (χ0n) is 16.0. The van der Waals surface area contributed by atoms with Crippen molar-refractivity contribution in [2.45, 2.75) is 37.6 Å². The van der Waals surface area contributed by atoms with Gasteiger partial charge in [0.05, 0.1) is 23.6 Å². The Morgan fingerprint density at radius 2 is 1.97 bits per heavy atom. The average Bonchev–Trinajstić information content (AvgIpc) is 3.26. The molecule has 0 radical (unpaired) electrons. The third-order valence-electron chi connectivity index (χ3n) is 5.15. The van der Waals surface area contributed by atoms with E-state index in [9.17, 15) is 23.8 Å². The second-order valence-corrected chi connectivity index (χ2v) is 7.34. The van der Waals surface area contributed by atoms with Crippen LogP contribution in [0.25, 0.3) is 11.0 Å². The predicted octanol–water partition coefficient (Wildman–Crippen LogP) is 1.20. The van der Waals surface area contributed by atoms with Crippen LogP contribution >= 0.6 is 0 Å². The van der Waals surface area contributed by atoms with Gasteiger partial charge in [-0.2, -0.15) is 5.10 Å². The van der Waals surface area contributed by atoms with Crippen molar-refractivity contribution in [2.75, 3.05) is 12.4 Å². The van der Waals surface area contributed by atoms with Crippen LogP contribution < -0.4 is 5.32 Å². The second kappa shape index (κ2) is 7.92. The number of nitrogens with one attached hydrogen (secondary N) is 2. The lowest BCUT2D eigenvalue weighted by Crippen LogP contribution is -2.34. The molecule has 2 aromatic heterocycles. The molecule has 4 N–H and O–H groups in total. The lowest BCUT2D eigenvalue weighted by Gasteiger charge is -2.19. The number of benzene rings is 1. The summed E-state index contributed by atoms with van der Waals surface area (Å²) in [6, 6.07) is 2.62. The lowest BCUT2D eigenvalue weighted by atomic mass is 10.1. The summed E-state index contributed by atoms with van der Waals surface area (Å²) in [6.07, 6.45) is 0.459. The normalized spacial score (nSPS) is 21.2. The minimum atomic E-state index is -0.966. The fourth-order valence-corrected chi connectivity index (χ4v) is 3.65. The SMILES string of the molecule is CN(Cc1cc(F)cc(F)c1)C(=O)c1n[nH]c2ncnc(N[C@@H]3CC[C@@H](O)[C@H]3O)c12. The van der Waals surface area contributed by atoms with Gasteiger partial charge in [-0.25, -0.2) is 18.7 Å². The van der Waals surface area contributed by atoms with Gasteiger partial charge in [-0.3, -0.25) is 9.89 Å². The first-order valence-corrected chi connectivity index (χ1v) is 9.35. The first kappa shape index (κ1) is 20.1. The molecule has 1 aliphatic carbocycles. The van der Waals surface area contributed by atoms with Crippen molar-refractivity contribution < 1.29 is 23.8 Å². The topological polar surface area (TPSA) is 127 Å². The van der Waals surface area contributed by atoms with Gasteiger partial charge in [0.2, 0.25) is 0 Å². The number of aromatic amines is 1. The molecule has 9 nitrogen and oxygen atoms in total. The maximum atomic E-state index is 13.4. The molecule has 1 amide bonds. The van der Waals surface area contributed by atoms with E-state index in [1.54, 1.807) is 0 Å². The Hall–Kier alpha value is -3.18. The molecule has 0 saturated heterocycles. The van der Waals surface area contributed by atoms with Gasteiger partial charge in [-0.05, 0) is 30.5 Å². The summed E-state index contributed by atoms with van der Waals surface area (Å²) >= 11 is 0. The van der Waals surface area contributed by atoms with Crippen LogP contribution in [-0.2, 0) is 6.54 Å². The number of aliphatic hydroxyl groups excluding tert-OH is 2. The van der Waals surface area contributed by atoms with Crippen molar-refractivity contribution in [3.63, 3.8) is 0 Å². The number of H-pyrrole nitrogens is 1. The van der Waals surface area contributed by atoms with Crippen LogP contribution in [0.15, 0.2) is 24.5 Å². The molecule has 3 aromatic rings. The summed E-state index contributed by atoms with van der Waals surface area (Å²) in [5.74, 6) is -1.67. The third-order valence-corrected chi connectivity index (χ3v) is 5.15. The van der Waals surface area contributed by atoms with E-state index in [1.165, 1.54) is 18.3 Å². The van der Waals surface area contributed by atoms with Crippen LogP contribution in [0, 0.1) is 11.6 Å². The van der Waals surface area contributed by atoms with Gasteiger partial charge in [0.25, 0.3) is 5.91 Å². The minimum absolute atomic E-state index is 0.0283. The molecular formula is C19H20F2N6O3. The fraction of sp³-hybridized carbons (Fsp3) is 0.368.